The monoisotopic (exact) mass is 314 g/mol. The molecule has 0 fully saturated rings. The molecule has 0 aliphatic rings. The Morgan fingerprint density at radius 1 is 1.59 bits per heavy atom. The number of nitrogens with one attached hydrogen (secondary N) is 1. The number of H-pyrrole nitrogens is 1. The minimum Gasteiger partial charge on any atom is -0.270 e. The van der Waals surface area contributed by atoms with Crippen molar-refractivity contribution in [3.8, 4) is 0 Å². The van der Waals surface area contributed by atoms with Crippen LogP contribution < -0.4 is 5.69 Å². The van der Waals surface area contributed by atoms with Gasteiger partial charge in [-0.05, 0) is 53.2 Å². The number of aryl methyl sites for hydroxylation is 1. The average molecular weight is 315 g/mol. The summed E-state index contributed by atoms with van der Waals surface area (Å²) in [4.78, 5) is 15.7. The van der Waals surface area contributed by atoms with E-state index in [0.717, 1.165) is 15.1 Å². The lowest BCUT2D eigenvalue weighted by Gasteiger charge is -2.03. The first kappa shape index (κ1) is 12.4. The fourth-order valence-corrected chi connectivity index (χ4v) is 2.48. The van der Waals surface area contributed by atoms with Crippen LogP contribution in [0.25, 0.3) is 0 Å². The lowest BCUT2D eigenvalue weighted by atomic mass is 10.3. The van der Waals surface area contributed by atoms with Gasteiger partial charge in [0.25, 0.3) is 0 Å². The van der Waals surface area contributed by atoms with Crippen LogP contribution in [0.5, 0.6) is 0 Å². The molecular weight excluding hydrogens is 304 g/mol. The van der Waals surface area contributed by atoms with Crippen molar-refractivity contribution in [2.75, 3.05) is 0 Å². The molecular formula is C10H11BrN4OS. The van der Waals surface area contributed by atoms with Crippen molar-refractivity contribution in [2.45, 2.75) is 30.6 Å². The van der Waals surface area contributed by atoms with E-state index in [0.29, 0.717) is 11.7 Å². The maximum atomic E-state index is 11.4. The van der Waals surface area contributed by atoms with Crippen molar-refractivity contribution in [1.82, 2.24) is 19.7 Å². The van der Waals surface area contributed by atoms with Gasteiger partial charge in [0, 0.05) is 17.2 Å². The normalized spacial score (nSPS) is 10.8. The molecule has 0 atom stereocenters. The number of pyridine rings is 1. The molecule has 1 N–H and O–H groups in total. The molecule has 0 aliphatic carbocycles. The molecule has 0 unspecified atom stereocenters. The van der Waals surface area contributed by atoms with Crippen molar-refractivity contribution in [3.05, 3.63) is 32.8 Å². The van der Waals surface area contributed by atoms with Crippen LogP contribution in [0.2, 0.25) is 0 Å². The van der Waals surface area contributed by atoms with Crippen molar-refractivity contribution < 1.29 is 0 Å². The first-order valence-corrected chi connectivity index (χ1v) is 6.68. The van der Waals surface area contributed by atoms with Crippen LogP contribution in [0.4, 0.5) is 0 Å². The van der Waals surface area contributed by atoms with Gasteiger partial charge in [-0.3, -0.25) is 4.57 Å². The Balaban J connectivity index is 2.31. The number of halogens is 1. The molecule has 0 radical (unpaired) electrons. The predicted octanol–water partition coefficient (Wildman–Crippen LogP) is 2.21. The molecule has 2 aromatic rings. The largest absolute Gasteiger partial charge is 0.343 e. The Morgan fingerprint density at radius 3 is 3.00 bits per heavy atom. The third kappa shape index (κ3) is 2.61. The molecule has 0 aliphatic heterocycles. The molecule has 0 aromatic carbocycles. The quantitative estimate of drug-likeness (QED) is 0.943. The Kier molecular flexibility index (Phi) is 3.68. The summed E-state index contributed by atoms with van der Waals surface area (Å²) in [6.07, 6.45) is 1.75. The van der Waals surface area contributed by atoms with E-state index >= 15 is 0 Å². The number of nitrogens with zero attached hydrogens (tertiary/aromatic N) is 3. The first-order chi connectivity index (χ1) is 8.11. The molecule has 5 nitrogen and oxygen atoms in total. The molecule has 2 rings (SSSR count). The molecule has 17 heavy (non-hydrogen) atoms. The van der Waals surface area contributed by atoms with E-state index in [1.807, 2.05) is 19.9 Å². The van der Waals surface area contributed by atoms with Gasteiger partial charge in [0.2, 0.25) is 0 Å². The van der Waals surface area contributed by atoms with E-state index < -0.39 is 0 Å². The highest BCUT2D eigenvalue weighted by atomic mass is 79.9. The fourth-order valence-electron chi connectivity index (χ4n) is 1.32. The third-order valence-electron chi connectivity index (χ3n) is 2.26. The molecule has 90 valence electrons. The zero-order chi connectivity index (χ0) is 12.4. The molecule has 0 spiro atoms. The minimum atomic E-state index is -0.191. The highest BCUT2D eigenvalue weighted by Crippen LogP contribution is 2.26. The molecule has 0 amide bonds. The van der Waals surface area contributed by atoms with Crippen LogP contribution in [-0.4, -0.2) is 19.7 Å². The lowest BCUT2D eigenvalue weighted by molar-refractivity contribution is 0.660. The third-order valence-corrected chi connectivity index (χ3v) is 4.01. The van der Waals surface area contributed by atoms with Crippen molar-refractivity contribution in [1.29, 1.82) is 0 Å². The topological polar surface area (TPSA) is 63.6 Å². The average Bonchev–Trinajstić information content (AvgIpc) is 2.64. The summed E-state index contributed by atoms with van der Waals surface area (Å²) in [6, 6.07) is 1.95. The number of aromatic nitrogens is 4. The standard InChI is InChI=1S/C10H11BrN4OS/c1-3-15-9(16)13-14-10(15)17-8-4-6(2)7(11)5-12-8/h4-5H,3H2,1-2H3,(H,13,16). The van der Waals surface area contributed by atoms with Gasteiger partial charge in [0.15, 0.2) is 5.16 Å². The Labute approximate surface area is 111 Å². The van der Waals surface area contributed by atoms with E-state index in [4.69, 9.17) is 0 Å². The Hall–Kier alpha value is -1.08. The second-order valence-electron chi connectivity index (χ2n) is 3.43. The van der Waals surface area contributed by atoms with Gasteiger partial charge in [0.05, 0.1) is 0 Å². The number of aromatic amines is 1. The van der Waals surface area contributed by atoms with E-state index in [-0.39, 0.29) is 5.69 Å². The van der Waals surface area contributed by atoms with E-state index in [2.05, 4.69) is 31.1 Å². The van der Waals surface area contributed by atoms with Gasteiger partial charge in [-0.2, -0.15) is 0 Å². The first-order valence-electron chi connectivity index (χ1n) is 5.07. The molecule has 0 saturated carbocycles. The van der Waals surface area contributed by atoms with E-state index in [1.54, 1.807) is 10.8 Å². The zero-order valence-electron chi connectivity index (χ0n) is 9.40. The summed E-state index contributed by atoms with van der Waals surface area (Å²) < 4.78 is 2.54. The van der Waals surface area contributed by atoms with Crippen LogP contribution in [0, 0.1) is 6.92 Å². The van der Waals surface area contributed by atoms with Crippen molar-refractivity contribution in [3.63, 3.8) is 0 Å². The minimum absolute atomic E-state index is 0.191. The summed E-state index contributed by atoms with van der Waals surface area (Å²) in [6.45, 7) is 4.49. The summed E-state index contributed by atoms with van der Waals surface area (Å²) in [5, 5.41) is 7.85. The lowest BCUT2D eigenvalue weighted by Crippen LogP contribution is -2.16. The maximum Gasteiger partial charge on any atom is 0.343 e. The zero-order valence-corrected chi connectivity index (χ0v) is 11.8. The predicted molar refractivity (Wildman–Crippen MR) is 69.3 cm³/mol. The maximum absolute atomic E-state index is 11.4. The number of hydrogen-bond donors (Lipinski definition) is 1. The van der Waals surface area contributed by atoms with Gasteiger partial charge < -0.3 is 0 Å². The van der Waals surface area contributed by atoms with Crippen molar-refractivity contribution >= 4 is 27.7 Å². The van der Waals surface area contributed by atoms with E-state index in [9.17, 15) is 4.79 Å². The highest BCUT2D eigenvalue weighted by Gasteiger charge is 2.09. The fraction of sp³-hybridized carbons (Fsp3) is 0.300. The number of rotatable bonds is 3. The second-order valence-corrected chi connectivity index (χ2v) is 5.27. The highest BCUT2D eigenvalue weighted by molar-refractivity contribution is 9.10. The van der Waals surface area contributed by atoms with Crippen LogP contribution in [-0.2, 0) is 6.54 Å². The smallest absolute Gasteiger partial charge is 0.270 e. The van der Waals surface area contributed by atoms with Crippen LogP contribution in [0.15, 0.2) is 31.7 Å². The summed E-state index contributed by atoms with van der Waals surface area (Å²) in [7, 11) is 0. The second kappa shape index (κ2) is 5.05. The van der Waals surface area contributed by atoms with E-state index in [1.165, 1.54) is 11.8 Å². The number of hydrogen-bond acceptors (Lipinski definition) is 4. The van der Waals surface area contributed by atoms with Crippen LogP contribution >= 0.6 is 27.7 Å². The Morgan fingerprint density at radius 2 is 2.35 bits per heavy atom. The molecule has 2 heterocycles. The van der Waals surface area contributed by atoms with Gasteiger partial charge in [-0.1, -0.05) is 0 Å². The molecule has 2 aromatic heterocycles. The summed E-state index contributed by atoms with van der Waals surface area (Å²) in [5.74, 6) is 0. The van der Waals surface area contributed by atoms with Gasteiger partial charge >= 0.3 is 5.69 Å². The van der Waals surface area contributed by atoms with Crippen molar-refractivity contribution in [2.24, 2.45) is 0 Å². The molecule has 0 saturated heterocycles. The van der Waals surface area contributed by atoms with Gasteiger partial charge in [0.1, 0.15) is 5.03 Å². The van der Waals surface area contributed by atoms with Crippen LogP contribution in [0.1, 0.15) is 12.5 Å². The van der Waals surface area contributed by atoms with Gasteiger partial charge in [-0.25, -0.2) is 14.9 Å². The summed E-state index contributed by atoms with van der Waals surface area (Å²) in [5.41, 5.74) is 0.910. The molecule has 7 heteroatoms. The van der Waals surface area contributed by atoms with Crippen LogP contribution in [0.3, 0.4) is 0 Å². The van der Waals surface area contributed by atoms with Gasteiger partial charge in [-0.15, -0.1) is 5.10 Å². The summed E-state index contributed by atoms with van der Waals surface area (Å²) >= 11 is 4.77. The Bertz CT molecular complexity index is 592. The molecule has 0 bridgehead atoms. The SMILES string of the molecule is CCn1c(Sc2cc(C)c(Br)cn2)n[nH]c1=O.